The van der Waals surface area contributed by atoms with E-state index in [2.05, 4.69) is 26.1 Å². The van der Waals surface area contributed by atoms with Crippen LogP contribution in [-0.4, -0.2) is 24.8 Å². The zero-order valence-electron chi connectivity index (χ0n) is 14.6. The predicted molar refractivity (Wildman–Crippen MR) is 90.6 cm³/mol. The number of hydrogen-bond donors (Lipinski definition) is 1. The van der Waals surface area contributed by atoms with Crippen molar-refractivity contribution in [2.75, 3.05) is 13.1 Å². The Morgan fingerprint density at radius 3 is 2.29 bits per heavy atom. The second-order valence-electron chi connectivity index (χ2n) is 7.50. The van der Waals surface area contributed by atoms with Gasteiger partial charge in [-0.05, 0) is 56.9 Å². The highest BCUT2D eigenvalue weighted by atomic mass is 16.5. The summed E-state index contributed by atoms with van der Waals surface area (Å²) in [7, 11) is 0. The Balaban J connectivity index is 1.92. The summed E-state index contributed by atoms with van der Waals surface area (Å²) in [5.41, 5.74) is 0.141. The number of hydrogen-bond acceptors (Lipinski definition) is 2. The molecular formula is C19H37NO. The van der Waals surface area contributed by atoms with Crippen molar-refractivity contribution in [3.8, 4) is 0 Å². The van der Waals surface area contributed by atoms with E-state index in [9.17, 15) is 0 Å². The molecule has 2 heteroatoms. The van der Waals surface area contributed by atoms with E-state index in [1.807, 2.05) is 0 Å². The zero-order valence-corrected chi connectivity index (χ0v) is 14.6. The van der Waals surface area contributed by atoms with E-state index in [1.165, 1.54) is 64.2 Å². The number of likely N-dealkylation sites (N-methyl/N-ethyl adjacent to an activating group) is 1. The maximum atomic E-state index is 6.78. The molecule has 0 amide bonds. The van der Waals surface area contributed by atoms with Crippen LogP contribution in [-0.2, 0) is 4.74 Å². The summed E-state index contributed by atoms with van der Waals surface area (Å²) in [6, 6.07) is 0. The lowest BCUT2D eigenvalue weighted by Gasteiger charge is -2.44. The SMILES string of the molecule is CCNCC1(OC2CCCC(CC)C2)CCC(CC)CC1. The monoisotopic (exact) mass is 295 g/mol. The lowest BCUT2D eigenvalue weighted by molar-refractivity contribution is -0.132. The van der Waals surface area contributed by atoms with Gasteiger partial charge in [0.05, 0.1) is 11.7 Å². The van der Waals surface area contributed by atoms with Crippen LogP contribution in [0.25, 0.3) is 0 Å². The maximum absolute atomic E-state index is 6.78. The van der Waals surface area contributed by atoms with Crippen LogP contribution in [0.3, 0.4) is 0 Å². The Kier molecular flexibility index (Phi) is 7.01. The molecule has 2 unspecified atom stereocenters. The highest BCUT2D eigenvalue weighted by molar-refractivity contribution is 4.91. The fourth-order valence-electron chi connectivity index (χ4n) is 4.37. The molecule has 2 aliphatic rings. The molecular weight excluding hydrogens is 258 g/mol. The molecule has 21 heavy (non-hydrogen) atoms. The predicted octanol–water partition coefficient (Wildman–Crippen LogP) is 4.92. The van der Waals surface area contributed by atoms with Crippen molar-refractivity contribution in [1.29, 1.82) is 0 Å². The summed E-state index contributed by atoms with van der Waals surface area (Å²) < 4.78 is 6.78. The summed E-state index contributed by atoms with van der Waals surface area (Å²) in [5, 5.41) is 3.58. The molecule has 0 bridgehead atoms. The molecule has 0 heterocycles. The molecule has 2 saturated carbocycles. The van der Waals surface area contributed by atoms with Crippen molar-refractivity contribution in [3.63, 3.8) is 0 Å². The summed E-state index contributed by atoms with van der Waals surface area (Å²) in [6.45, 7) is 9.01. The van der Waals surface area contributed by atoms with Crippen LogP contribution in [0.4, 0.5) is 0 Å². The quantitative estimate of drug-likeness (QED) is 0.720. The van der Waals surface area contributed by atoms with Gasteiger partial charge in [-0.15, -0.1) is 0 Å². The van der Waals surface area contributed by atoms with Gasteiger partial charge < -0.3 is 10.1 Å². The zero-order chi connectivity index (χ0) is 15.1. The minimum atomic E-state index is 0.141. The van der Waals surface area contributed by atoms with Crippen molar-refractivity contribution in [3.05, 3.63) is 0 Å². The Labute approximate surface area is 132 Å². The summed E-state index contributed by atoms with van der Waals surface area (Å²) >= 11 is 0. The number of rotatable bonds is 7. The van der Waals surface area contributed by atoms with E-state index in [-0.39, 0.29) is 5.60 Å². The standard InChI is InChI=1S/C19H37NO/c1-4-16-10-12-19(13-11-16,15-20-6-3)21-18-9-7-8-17(5-2)14-18/h16-18,20H,4-15H2,1-3H3. The van der Waals surface area contributed by atoms with Crippen molar-refractivity contribution in [2.45, 2.75) is 96.7 Å². The normalized spacial score (nSPS) is 37.6. The molecule has 0 aromatic carbocycles. The van der Waals surface area contributed by atoms with Crippen LogP contribution < -0.4 is 5.32 Å². The fraction of sp³-hybridized carbons (Fsp3) is 1.00. The highest BCUT2D eigenvalue weighted by Gasteiger charge is 2.38. The van der Waals surface area contributed by atoms with E-state index in [4.69, 9.17) is 4.74 Å². The third-order valence-electron chi connectivity index (χ3n) is 6.02. The van der Waals surface area contributed by atoms with E-state index < -0.39 is 0 Å². The van der Waals surface area contributed by atoms with Crippen molar-refractivity contribution in [1.82, 2.24) is 5.32 Å². The molecule has 124 valence electrons. The molecule has 0 aromatic heterocycles. The van der Waals surface area contributed by atoms with Crippen LogP contribution in [0, 0.1) is 11.8 Å². The van der Waals surface area contributed by atoms with Gasteiger partial charge >= 0.3 is 0 Å². The van der Waals surface area contributed by atoms with Crippen LogP contribution >= 0.6 is 0 Å². The van der Waals surface area contributed by atoms with Crippen LogP contribution in [0.15, 0.2) is 0 Å². The number of nitrogens with one attached hydrogen (secondary N) is 1. The first kappa shape index (κ1) is 17.3. The molecule has 0 aliphatic heterocycles. The summed E-state index contributed by atoms with van der Waals surface area (Å²) in [5.74, 6) is 1.85. The minimum Gasteiger partial charge on any atom is -0.370 e. The minimum absolute atomic E-state index is 0.141. The van der Waals surface area contributed by atoms with Gasteiger partial charge in [0.25, 0.3) is 0 Å². The Hall–Kier alpha value is -0.0800. The van der Waals surface area contributed by atoms with Gasteiger partial charge in [-0.3, -0.25) is 0 Å². The third kappa shape index (κ3) is 4.96. The van der Waals surface area contributed by atoms with Crippen molar-refractivity contribution >= 4 is 0 Å². The Morgan fingerprint density at radius 2 is 1.67 bits per heavy atom. The first-order valence-electron chi connectivity index (χ1n) is 9.59. The second kappa shape index (κ2) is 8.53. The summed E-state index contributed by atoms with van der Waals surface area (Å²) in [6.07, 6.45) is 13.9. The average molecular weight is 296 g/mol. The molecule has 2 nitrogen and oxygen atoms in total. The summed E-state index contributed by atoms with van der Waals surface area (Å²) in [4.78, 5) is 0. The van der Waals surface area contributed by atoms with Gasteiger partial charge in [0, 0.05) is 6.54 Å². The molecule has 2 rings (SSSR count). The fourth-order valence-corrected chi connectivity index (χ4v) is 4.37. The van der Waals surface area contributed by atoms with Gasteiger partial charge in [-0.1, -0.05) is 46.5 Å². The average Bonchev–Trinajstić information content (AvgIpc) is 2.54. The molecule has 2 atom stereocenters. The van der Waals surface area contributed by atoms with Gasteiger partial charge in [0.2, 0.25) is 0 Å². The van der Waals surface area contributed by atoms with Gasteiger partial charge in [-0.2, -0.15) is 0 Å². The molecule has 0 aromatic rings. The largest absolute Gasteiger partial charge is 0.370 e. The Bertz CT molecular complexity index is 283. The van der Waals surface area contributed by atoms with E-state index >= 15 is 0 Å². The highest BCUT2D eigenvalue weighted by Crippen LogP contribution is 2.39. The van der Waals surface area contributed by atoms with Gasteiger partial charge in [0.1, 0.15) is 0 Å². The van der Waals surface area contributed by atoms with E-state index in [0.717, 1.165) is 24.9 Å². The first-order chi connectivity index (χ1) is 10.2. The lowest BCUT2D eigenvalue weighted by atomic mass is 9.77. The molecule has 2 fully saturated rings. The van der Waals surface area contributed by atoms with Gasteiger partial charge in [0.15, 0.2) is 0 Å². The topological polar surface area (TPSA) is 21.3 Å². The number of ether oxygens (including phenoxy) is 1. The van der Waals surface area contributed by atoms with Gasteiger partial charge in [-0.25, -0.2) is 0 Å². The van der Waals surface area contributed by atoms with Crippen molar-refractivity contribution < 1.29 is 4.74 Å². The van der Waals surface area contributed by atoms with E-state index in [1.54, 1.807) is 0 Å². The van der Waals surface area contributed by atoms with Crippen LogP contribution in [0.5, 0.6) is 0 Å². The molecule has 0 spiro atoms. The van der Waals surface area contributed by atoms with E-state index in [0.29, 0.717) is 6.10 Å². The second-order valence-corrected chi connectivity index (χ2v) is 7.50. The first-order valence-corrected chi connectivity index (χ1v) is 9.59. The Morgan fingerprint density at radius 1 is 0.952 bits per heavy atom. The maximum Gasteiger partial charge on any atom is 0.0810 e. The molecule has 1 N–H and O–H groups in total. The third-order valence-corrected chi connectivity index (χ3v) is 6.02. The molecule has 2 aliphatic carbocycles. The van der Waals surface area contributed by atoms with Crippen LogP contribution in [0.2, 0.25) is 0 Å². The molecule has 0 saturated heterocycles. The molecule has 0 radical (unpaired) electrons. The smallest absolute Gasteiger partial charge is 0.0810 e. The van der Waals surface area contributed by atoms with Crippen molar-refractivity contribution in [2.24, 2.45) is 11.8 Å². The van der Waals surface area contributed by atoms with Crippen LogP contribution in [0.1, 0.15) is 85.0 Å². The lowest BCUT2D eigenvalue weighted by Crippen LogP contribution is -2.48.